The van der Waals surface area contributed by atoms with Crippen LogP contribution in [0.2, 0.25) is 0 Å². The van der Waals surface area contributed by atoms with E-state index in [0.29, 0.717) is 17.9 Å². The molecule has 6 heteroatoms. The lowest BCUT2D eigenvalue weighted by atomic mass is 10.1. The van der Waals surface area contributed by atoms with Crippen molar-refractivity contribution in [2.45, 2.75) is 18.9 Å². The summed E-state index contributed by atoms with van der Waals surface area (Å²) in [7, 11) is 4.71. The number of hydrogen-bond donors (Lipinski definition) is 1. The normalized spacial score (nSPS) is 15.3. The van der Waals surface area contributed by atoms with E-state index in [1.807, 2.05) is 30.3 Å². The molecule has 26 heavy (non-hydrogen) atoms. The topological polar surface area (TPSA) is 67.9 Å². The summed E-state index contributed by atoms with van der Waals surface area (Å²) in [4.78, 5) is 26.9. The van der Waals surface area contributed by atoms with Crippen LogP contribution >= 0.6 is 0 Å². The van der Waals surface area contributed by atoms with Crippen LogP contribution in [0.1, 0.15) is 11.1 Å². The summed E-state index contributed by atoms with van der Waals surface area (Å²) in [6.45, 7) is 0. The fraction of sp³-hybridized carbons (Fsp3) is 0.300. The van der Waals surface area contributed by atoms with Crippen molar-refractivity contribution in [2.75, 3.05) is 26.2 Å². The van der Waals surface area contributed by atoms with Gasteiger partial charge in [-0.05, 0) is 29.3 Å². The number of nitrogens with zero attached hydrogens (tertiary/aromatic N) is 1. The van der Waals surface area contributed by atoms with Gasteiger partial charge >= 0.3 is 0 Å². The van der Waals surface area contributed by atoms with Gasteiger partial charge in [-0.2, -0.15) is 0 Å². The van der Waals surface area contributed by atoms with E-state index in [1.54, 1.807) is 38.3 Å². The van der Waals surface area contributed by atoms with Crippen molar-refractivity contribution in [3.05, 3.63) is 53.6 Å². The minimum absolute atomic E-state index is 0.129. The SMILES string of the molecule is CNC(=O)C1Cc2ccccc2N1C(=O)Cc1ccc(OC)c(OC)c1. The predicted octanol–water partition coefficient (Wildman–Crippen LogP) is 1.95. The maximum absolute atomic E-state index is 13.0. The number of carbonyl (C=O) groups is 2. The number of carbonyl (C=O) groups excluding carboxylic acids is 2. The number of rotatable bonds is 5. The third-order valence-electron chi connectivity index (χ3n) is 4.60. The maximum atomic E-state index is 13.0. The molecule has 1 N–H and O–H groups in total. The maximum Gasteiger partial charge on any atom is 0.243 e. The molecule has 3 rings (SSSR count). The summed E-state index contributed by atoms with van der Waals surface area (Å²) in [6.07, 6.45) is 0.690. The molecule has 0 bridgehead atoms. The van der Waals surface area contributed by atoms with E-state index < -0.39 is 6.04 Å². The molecule has 0 spiro atoms. The molecule has 1 aliphatic rings. The number of ether oxygens (including phenoxy) is 2. The van der Waals surface area contributed by atoms with Crippen LogP contribution in [0.3, 0.4) is 0 Å². The summed E-state index contributed by atoms with van der Waals surface area (Å²) in [5.74, 6) is 0.888. The van der Waals surface area contributed by atoms with Gasteiger partial charge in [0.25, 0.3) is 0 Å². The highest BCUT2D eigenvalue weighted by Crippen LogP contribution is 2.33. The molecule has 2 aromatic carbocycles. The number of benzene rings is 2. The molecule has 0 aromatic heterocycles. The van der Waals surface area contributed by atoms with Gasteiger partial charge < -0.3 is 14.8 Å². The first-order valence-corrected chi connectivity index (χ1v) is 8.41. The highest BCUT2D eigenvalue weighted by Gasteiger charge is 2.37. The Kier molecular flexibility index (Phi) is 5.11. The highest BCUT2D eigenvalue weighted by molar-refractivity contribution is 6.04. The van der Waals surface area contributed by atoms with Gasteiger partial charge in [-0.15, -0.1) is 0 Å². The molecule has 2 aromatic rings. The molecule has 0 saturated heterocycles. The van der Waals surface area contributed by atoms with Gasteiger partial charge in [-0.25, -0.2) is 0 Å². The molecule has 2 amide bonds. The first-order valence-electron chi connectivity index (χ1n) is 8.41. The van der Waals surface area contributed by atoms with Crippen molar-refractivity contribution in [2.24, 2.45) is 0 Å². The van der Waals surface area contributed by atoms with E-state index in [9.17, 15) is 9.59 Å². The van der Waals surface area contributed by atoms with Gasteiger partial charge in [0.2, 0.25) is 11.8 Å². The van der Waals surface area contributed by atoms with Gasteiger partial charge in [0.1, 0.15) is 6.04 Å². The van der Waals surface area contributed by atoms with Crippen LogP contribution in [-0.2, 0) is 22.4 Å². The van der Waals surface area contributed by atoms with Gasteiger partial charge in [0.15, 0.2) is 11.5 Å². The van der Waals surface area contributed by atoms with Crippen LogP contribution in [0.15, 0.2) is 42.5 Å². The zero-order valence-electron chi connectivity index (χ0n) is 15.1. The number of anilines is 1. The minimum atomic E-state index is -0.523. The molecule has 0 saturated carbocycles. The number of amides is 2. The van der Waals surface area contributed by atoms with Crippen molar-refractivity contribution in [1.82, 2.24) is 5.32 Å². The quantitative estimate of drug-likeness (QED) is 0.891. The number of nitrogens with one attached hydrogen (secondary N) is 1. The van der Waals surface area contributed by atoms with Crippen molar-refractivity contribution in [1.29, 1.82) is 0 Å². The zero-order valence-corrected chi connectivity index (χ0v) is 15.1. The van der Waals surface area contributed by atoms with Crippen LogP contribution in [0.25, 0.3) is 0 Å². The number of methoxy groups -OCH3 is 2. The second kappa shape index (κ2) is 7.47. The number of hydrogen-bond acceptors (Lipinski definition) is 4. The molecule has 6 nitrogen and oxygen atoms in total. The molecule has 0 radical (unpaired) electrons. The second-order valence-corrected chi connectivity index (χ2v) is 6.09. The monoisotopic (exact) mass is 354 g/mol. The average molecular weight is 354 g/mol. The lowest BCUT2D eigenvalue weighted by Crippen LogP contribution is -2.47. The van der Waals surface area contributed by atoms with Crippen LogP contribution < -0.4 is 19.7 Å². The molecule has 1 atom stereocenters. The minimum Gasteiger partial charge on any atom is -0.493 e. The van der Waals surface area contributed by atoms with Crippen LogP contribution in [0, 0.1) is 0 Å². The van der Waals surface area contributed by atoms with Crippen LogP contribution in [0.5, 0.6) is 11.5 Å². The third kappa shape index (κ3) is 3.22. The highest BCUT2D eigenvalue weighted by atomic mass is 16.5. The zero-order chi connectivity index (χ0) is 18.7. The van der Waals surface area contributed by atoms with Gasteiger partial charge in [-0.3, -0.25) is 14.5 Å². The molecular formula is C20H22N2O4. The van der Waals surface area contributed by atoms with E-state index in [-0.39, 0.29) is 18.2 Å². The lowest BCUT2D eigenvalue weighted by molar-refractivity contribution is -0.125. The Morgan fingerprint density at radius 2 is 1.85 bits per heavy atom. The standard InChI is InChI=1S/C20H22N2O4/c1-21-20(24)16-12-14-6-4-5-7-15(14)22(16)19(23)11-13-8-9-17(25-2)18(10-13)26-3/h4-10,16H,11-12H2,1-3H3,(H,21,24). The molecular weight excluding hydrogens is 332 g/mol. The Labute approximate surface area is 152 Å². The first kappa shape index (κ1) is 17.8. The molecule has 1 unspecified atom stereocenters. The van der Waals surface area contributed by atoms with Crippen molar-refractivity contribution in [3.8, 4) is 11.5 Å². The Morgan fingerprint density at radius 3 is 2.54 bits per heavy atom. The number of likely N-dealkylation sites (N-methyl/N-ethyl adjacent to an activating group) is 1. The van der Waals surface area contributed by atoms with Gasteiger partial charge in [-0.1, -0.05) is 24.3 Å². The lowest BCUT2D eigenvalue weighted by Gasteiger charge is -2.24. The summed E-state index contributed by atoms with van der Waals surface area (Å²) in [5.41, 5.74) is 2.60. The van der Waals surface area contributed by atoms with E-state index in [0.717, 1.165) is 16.8 Å². The number of fused-ring (bicyclic) bond motifs is 1. The van der Waals surface area contributed by atoms with E-state index in [2.05, 4.69) is 5.32 Å². The molecule has 0 aliphatic carbocycles. The largest absolute Gasteiger partial charge is 0.493 e. The average Bonchev–Trinajstić information content (AvgIpc) is 3.06. The van der Waals surface area contributed by atoms with Crippen molar-refractivity contribution in [3.63, 3.8) is 0 Å². The van der Waals surface area contributed by atoms with Crippen molar-refractivity contribution < 1.29 is 19.1 Å². The second-order valence-electron chi connectivity index (χ2n) is 6.09. The Balaban J connectivity index is 1.88. The van der Waals surface area contributed by atoms with E-state index in [1.165, 1.54) is 0 Å². The summed E-state index contributed by atoms with van der Waals surface area (Å²) < 4.78 is 10.5. The fourth-order valence-electron chi connectivity index (χ4n) is 3.32. The summed E-state index contributed by atoms with van der Waals surface area (Å²) in [6, 6.07) is 12.5. The summed E-state index contributed by atoms with van der Waals surface area (Å²) in [5, 5.41) is 2.65. The molecule has 0 fully saturated rings. The Hall–Kier alpha value is -3.02. The van der Waals surface area contributed by atoms with Gasteiger partial charge in [0, 0.05) is 19.2 Å². The van der Waals surface area contributed by atoms with Gasteiger partial charge in [0.05, 0.1) is 20.6 Å². The molecule has 1 aliphatic heterocycles. The van der Waals surface area contributed by atoms with Crippen LogP contribution in [0.4, 0.5) is 5.69 Å². The molecule has 136 valence electrons. The predicted molar refractivity (Wildman–Crippen MR) is 98.7 cm³/mol. The van der Waals surface area contributed by atoms with Crippen LogP contribution in [-0.4, -0.2) is 39.1 Å². The third-order valence-corrected chi connectivity index (χ3v) is 4.60. The molecule has 1 heterocycles. The summed E-state index contributed by atoms with van der Waals surface area (Å²) >= 11 is 0. The number of para-hydroxylation sites is 1. The van der Waals surface area contributed by atoms with E-state index >= 15 is 0 Å². The Morgan fingerprint density at radius 1 is 1.12 bits per heavy atom. The Bertz CT molecular complexity index is 834. The smallest absolute Gasteiger partial charge is 0.243 e. The first-order chi connectivity index (χ1) is 12.6. The fourth-order valence-corrected chi connectivity index (χ4v) is 3.32. The van der Waals surface area contributed by atoms with E-state index in [4.69, 9.17) is 9.47 Å². The van der Waals surface area contributed by atoms with Crippen molar-refractivity contribution >= 4 is 17.5 Å².